The fraction of sp³-hybridized carbons (Fsp3) is 1.00. The Hall–Kier alpha value is -0.160. The summed E-state index contributed by atoms with van der Waals surface area (Å²) in [5.74, 6) is 0. The Labute approximate surface area is 131 Å². The van der Waals surface area contributed by atoms with Gasteiger partial charge in [-0.25, -0.2) is 0 Å². The Morgan fingerprint density at radius 2 is 2.00 bits per heavy atom. The van der Waals surface area contributed by atoms with Crippen molar-refractivity contribution in [2.75, 3.05) is 59.5 Å². The molecule has 0 aromatic carbocycles. The van der Waals surface area contributed by atoms with Gasteiger partial charge >= 0.3 is 0 Å². The number of hydrogen-bond donors (Lipinski definition) is 1. The highest BCUT2D eigenvalue weighted by Crippen LogP contribution is 2.32. The van der Waals surface area contributed by atoms with Crippen LogP contribution in [-0.4, -0.2) is 75.4 Å². The van der Waals surface area contributed by atoms with Gasteiger partial charge in [-0.1, -0.05) is 6.92 Å². The summed E-state index contributed by atoms with van der Waals surface area (Å²) in [6.07, 6.45) is 4.94. The van der Waals surface area contributed by atoms with Crippen LogP contribution in [-0.2, 0) is 4.74 Å². The Morgan fingerprint density at radius 3 is 2.71 bits per heavy atom. The first-order chi connectivity index (χ1) is 10.2. The molecule has 0 spiro atoms. The van der Waals surface area contributed by atoms with Gasteiger partial charge in [-0.3, -0.25) is 4.90 Å². The summed E-state index contributed by atoms with van der Waals surface area (Å²) >= 11 is 0. The molecule has 2 fully saturated rings. The monoisotopic (exact) mass is 297 g/mol. The molecule has 0 bridgehead atoms. The van der Waals surface area contributed by atoms with Crippen LogP contribution in [0.25, 0.3) is 0 Å². The third-order valence-corrected chi connectivity index (χ3v) is 5.20. The summed E-state index contributed by atoms with van der Waals surface area (Å²) in [5, 5.41) is 3.68. The van der Waals surface area contributed by atoms with Crippen LogP contribution in [0.1, 0.15) is 39.5 Å². The summed E-state index contributed by atoms with van der Waals surface area (Å²) in [6, 6.07) is 0.670. The summed E-state index contributed by atoms with van der Waals surface area (Å²) in [5.41, 5.74) is 0.421. The van der Waals surface area contributed by atoms with E-state index in [1.807, 2.05) is 0 Å². The maximum Gasteiger partial charge on any atom is 0.0472 e. The van der Waals surface area contributed by atoms with E-state index in [4.69, 9.17) is 4.74 Å². The van der Waals surface area contributed by atoms with Crippen LogP contribution in [0.4, 0.5) is 0 Å². The summed E-state index contributed by atoms with van der Waals surface area (Å²) in [7, 11) is 2.26. The van der Waals surface area contributed by atoms with Crippen LogP contribution in [0.2, 0.25) is 0 Å². The molecule has 1 N–H and O–H groups in total. The molecule has 0 radical (unpaired) electrons. The number of nitrogens with one attached hydrogen (secondary N) is 1. The minimum Gasteiger partial charge on any atom is -0.381 e. The van der Waals surface area contributed by atoms with Crippen molar-refractivity contribution in [2.24, 2.45) is 5.41 Å². The second-order valence-corrected chi connectivity index (χ2v) is 7.22. The molecule has 0 aromatic rings. The Morgan fingerprint density at radius 1 is 1.24 bits per heavy atom. The normalized spacial score (nSPS) is 28.4. The van der Waals surface area contributed by atoms with Crippen molar-refractivity contribution in [1.29, 1.82) is 0 Å². The lowest BCUT2D eigenvalue weighted by Gasteiger charge is -2.43. The molecule has 0 amide bonds. The van der Waals surface area contributed by atoms with Crippen molar-refractivity contribution in [3.8, 4) is 0 Å². The fourth-order valence-electron chi connectivity index (χ4n) is 3.81. The van der Waals surface area contributed by atoms with E-state index in [9.17, 15) is 0 Å². The predicted molar refractivity (Wildman–Crippen MR) is 88.8 cm³/mol. The van der Waals surface area contributed by atoms with Crippen molar-refractivity contribution < 1.29 is 4.74 Å². The van der Waals surface area contributed by atoms with Gasteiger partial charge in [0.15, 0.2) is 0 Å². The number of likely N-dealkylation sites (N-methyl/N-ethyl adjacent to an activating group) is 1. The second-order valence-electron chi connectivity index (χ2n) is 7.22. The van der Waals surface area contributed by atoms with Crippen LogP contribution >= 0.6 is 0 Å². The standard InChI is InChI=1S/C17H35N3O/c1-4-8-18-14-17(6-11-21-12-7-17)15-20-10-5-9-19(3)13-16(20)2/h16,18H,4-15H2,1-3H3. The van der Waals surface area contributed by atoms with Crippen LogP contribution < -0.4 is 5.32 Å². The average Bonchev–Trinajstić information content (AvgIpc) is 2.62. The molecule has 0 aliphatic carbocycles. The van der Waals surface area contributed by atoms with Gasteiger partial charge in [0.1, 0.15) is 0 Å². The smallest absolute Gasteiger partial charge is 0.0472 e. The Kier molecular flexibility index (Phi) is 6.93. The maximum absolute atomic E-state index is 5.63. The van der Waals surface area contributed by atoms with E-state index < -0.39 is 0 Å². The zero-order valence-corrected chi connectivity index (χ0v) is 14.4. The van der Waals surface area contributed by atoms with Crippen LogP contribution in [0.5, 0.6) is 0 Å². The van der Waals surface area contributed by atoms with Gasteiger partial charge in [-0.05, 0) is 64.7 Å². The highest BCUT2D eigenvalue weighted by atomic mass is 16.5. The lowest BCUT2D eigenvalue weighted by atomic mass is 9.79. The number of nitrogens with zero attached hydrogens (tertiary/aromatic N) is 2. The van der Waals surface area contributed by atoms with Gasteiger partial charge in [0, 0.05) is 38.9 Å². The minimum absolute atomic E-state index is 0.421. The third-order valence-electron chi connectivity index (χ3n) is 5.20. The predicted octanol–water partition coefficient (Wildman–Crippen LogP) is 1.81. The molecule has 2 saturated heterocycles. The highest BCUT2D eigenvalue weighted by Gasteiger charge is 2.35. The first kappa shape index (κ1) is 17.2. The molecule has 1 atom stereocenters. The lowest BCUT2D eigenvalue weighted by Crippen LogP contribution is -2.50. The highest BCUT2D eigenvalue weighted by molar-refractivity contribution is 4.89. The molecular weight excluding hydrogens is 262 g/mol. The average molecular weight is 297 g/mol. The van der Waals surface area contributed by atoms with E-state index in [-0.39, 0.29) is 0 Å². The SMILES string of the molecule is CCCNCC1(CN2CCCN(C)CC2C)CCOCC1. The van der Waals surface area contributed by atoms with Gasteiger partial charge in [-0.2, -0.15) is 0 Å². The summed E-state index contributed by atoms with van der Waals surface area (Å²) in [4.78, 5) is 5.22. The van der Waals surface area contributed by atoms with Gasteiger partial charge in [0.25, 0.3) is 0 Å². The van der Waals surface area contributed by atoms with E-state index in [2.05, 4.69) is 36.0 Å². The molecule has 4 nitrogen and oxygen atoms in total. The summed E-state index contributed by atoms with van der Waals surface area (Å²) < 4.78 is 5.63. The molecule has 2 aliphatic heterocycles. The largest absolute Gasteiger partial charge is 0.381 e. The van der Waals surface area contributed by atoms with Crippen molar-refractivity contribution >= 4 is 0 Å². The number of ether oxygens (including phenoxy) is 1. The fourth-order valence-corrected chi connectivity index (χ4v) is 3.81. The van der Waals surface area contributed by atoms with Gasteiger partial charge in [0.05, 0.1) is 0 Å². The van der Waals surface area contributed by atoms with Crippen LogP contribution in [0.3, 0.4) is 0 Å². The molecule has 1 unspecified atom stereocenters. The molecule has 4 heteroatoms. The van der Waals surface area contributed by atoms with Crippen molar-refractivity contribution in [2.45, 2.75) is 45.6 Å². The Balaban J connectivity index is 1.96. The maximum atomic E-state index is 5.63. The molecule has 0 saturated carbocycles. The first-order valence-electron chi connectivity index (χ1n) is 8.86. The molecule has 0 aromatic heterocycles. The number of rotatable bonds is 6. The van der Waals surface area contributed by atoms with Gasteiger partial charge in [0.2, 0.25) is 0 Å². The molecule has 2 aliphatic rings. The Bertz CT molecular complexity index is 292. The van der Waals surface area contributed by atoms with E-state index in [0.717, 1.165) is 26.3 Å². The topological polar surface area (TPSA) is 27.7 Å². The van der Waals surface area contributed by atoms with E-state index in [1.54, 1.807) is 0 Å². The van der Waals surface area contributed by atoms with Crippen LogP contribution in [0, 0.1) is 5.41 Å². The van der Waals surface area contributed by atoms with Crippen LogP contribution in [0.15, 0.2) is 0 Å². The van der Waals surface area contributed by atoms with Crippen molar-refractivity contribution in [1.82, 2.24) is 15.1 Å². The minimum atomic E-state index is 0.421. The summed E-state index contributed by atoms with van der Waals surface area (Å²) in [6.45, 7) is 13.8. The van der Waals surface area contributed by atoms with Crippen molar-refractivity contribution in [3.63, 3.8) is 0 Å². The molecule has 2 heterocycles. The van der Waals surface area contributed by atoms with E-state index in [0.29, 0.717) is 11.5 Å². The van der Waals surface area contributed by atoms with E-state index in [1.165, 1.54) is 51.9 Å². The second kappa shape index (κ2) is 8.47. The molecule has 2 rings (SSSR count). The molecule has 124 valence electrons. The van der Waals surface area contributed by atoms with E-state index >= 15 is 0 Å². The zero-order chi connectivity index (χ0) is 15.1. The zero-order valence-electron chi connectivity index (χ0n) is 14.4. The molecule has 21 heavy (non-hydrogen) atoms. The van der Waals surface area contributed by atoms with Gasteiger partial charge < -0.3 is 15.0 Å². The quantitative estimate of drug-likeness (QED) is 0.757. The first-order valence-corrected chi connectivity index (χ1v) is 8.86. The third kappa shape index (κ3) is 5.20. The lowest BCUT2D eigenvalue weighted by molar-refractivity contribution is -0.00998. The van der Waals surface area contributed by atoms with Crippen molar-refractivity contribution in [3.05, 3.63) is 0 Å². The molecular formula is C17H35N3O. The van der Waals surface area contributed by atoms with Gasteiger partial charge in [-0.15, -0.1) is 0 Å². The number of hydrogen-bond acceptors (Lipinski definition) is 4.